The van der Waals surface area contributed by atoms with Gasteiger partial charge in [0.05, 0.1) is 0 Å². The minimum Gasteiger partial charge on any atom is -0.307 e. The fraction of sp³-hybridized carbons (Fsp3) is 0.500. The highest BCUT2D eigenvalue weighted by atomic mass is 15.1. The first-order valence-electron chi connectivity index (χ1n) is 5.08. The van der Waals surface area contributed by atoms with E-state index in [1.54, 1.807) is 0 Å². The van der Waals surface area contributed by atoms with Crippen LogP contribution >= 0.6 is 0 Å². The van der Waals surface area contributed by atoms with Crippen molar-refractivity contribution in [2.45, 2.75) is 26.3 Å². The van der Waals surface area contributed by atoms with Gasteiger partial charge in [-0.3, -0.25) is 0 Å². The molecule has 13 heavy (non-hydrogen) atoms. The molecule has 0 amide bonds. The van der Waals surface area contributed by atoms with Gasteiger partial charge in [-0.05, 0) is 23.5 Å². The number of hydrogen-bond acceptors (Lipinski definition) is 1. The van der Waals surface area contributed by atoms with E-state index in [4.69, 9.17) is 0 Å². The minimum absolute atomic E-state index is 0.646. The van der Waals surface area contributed by atoms with Gasteiger partial charge in [-0.2, -0.15) is 0 Å². The van der Waals surface area contributed by atoms with Crippen molar-refractivity contribution < 1.29 is 0 Å². The summed E-state index contributed by atoms with van der Waals surface area (Å²) in [5, 5.41) is 3.31. The van der Waals surface area contributed by atoms with Gasteiger partial charge in [-0.25, -0.2) is 0 Å². The summed E-state index contributed by atoms with van der Waals surface area (Å²) in [5.41, 5.74) is 2.90. The summed E-state index contributed by atoms with van der Waals surface area (Å²) in [6.07, 6.45) is 1.19. The number of benzene rings is 1. The van der Waals surface area contributed by atoms with Gasteiger partial charge in [0.2, 0.25) is 0 Å². The average Bonchev–Trinajstić information content (AvgIpc) is 2.87. The molecule has 1 atom stereocenters. The first-order chi connectivity index (χ1) is 6.25. The van der Waals surface area contributed by atoms with Gasteiger partial charge >= 0.3 is 0 Å². The van der Waals surface area contributed by atoms with Crippen molar-refractivity contribution in [3.63, 3.8) is 0 Å². The van der Waals surface area contributed by atoms with Gasteiger partial charge < -0.3 is 5.32 Å². The average molecular weight is 175 g/mol. The Morgan fingerprint density at radius 1 is 1.31 bits per heavy atom. The molecule has 1 heterocycles. The fourth-order valence-electron chi connectivity index (χ4n) is 1.65. The molecule has 70 valence electrons. The second-order valence-corrected chi connectivity index (χ2v) is 4.30. The van der Waals surface area contributed by atoms with E-state index in [9.17, 15) is 0 Å². The van der Waals surface area contributed by atoms with Gasteiger partial charge in [-0.1, -0.05) is 38.1 Å². The van der Waals surface area contributed by atoms with Crippen molar-refractivity contribution in [1.82, 2.24) is 5.32 Å². The van der Waals surface area contributed by atoms with E-state index < -0.39 is 0 Å². The summed E-state index contributed by atoms with van der Waals surface area (Å²) in [7, 11) is 0. The molecule has 1 nitrogen and oxygen atoms in total. The normalized spacial score (nSPS) is 20.7. The van der Waals surface area contributed by atoms with Gasteiger partial charge in [0.15, 0.2) is 0 Å². The number of nitrogens with one attached hydrogen (secondary N) is 1. The van der Waals surface area contributed by atoms with E-state index in [-0.39, 0.29) is 0 Å². The second-order valence-electron chi connectivity index (χ2n) is 4.30. The van der Waals surface area contributed by atoms with Crippen molar-refractivity contribution >= 4 is 0 Å². The summed E-state index contributed by atoms with van der Waals surface area (Å²) in [5.74, 6) is 0.755. The predicted octanol–water partition coefficient (Wildman–Crippen LogP) is 2.53. The first-order valence-corrected chi connectivity index (χ1v) is 5.08. The predicted molar refractivity (Wildman–Crippen MR) is 55.7 cm³/mol. The lowest BCUT2D eigenvalue weighted by Crippen LogP contribution is -1.94. The SMILES string of the molecule is CC(C)Cc1ccc(C2CN2)cc1. The zero-order chi connectivity index (χ0) is 9.26. The Morgan fingerprint density at radius 2 is 1.92 bits per heavy atom. The lowest BCUT2D eigenvalue weighted by Gasteiger charge is -2.05. The van der Waals surface area contributed by atoms with Gasteiger partial charge in [0, 0.05) is 12.6 Å². The lowest BCUT2D eigenvalue weighted by atomic mass is 10.0. The molecule has 0 bridgehead atoms. The lowest BCUT2D eigenvalue weighted by molar-refractivity contribution is 0.647. The summed E-state index contributed by atoms with van der Waals surface area (Å²) < 4.78 is 0. The first kappa shape index (κ1) is 8.76. The van der Waals surface area contributed by atoms with Crippen molar-refractivity contribution in [3.05, 3.63) is 35.4 Å². The van der Waals surface area contributed by atoms with Crippen LogP contribution in [0.2, 0.25) is 0 Å². The van der Waals surface area contributed by atoms with Crippen molar-refractivity contribution in [2.24, 2.45) is 5.92 Å². The molecule has 1 unspecified atom stereocenters. The molecule has 1 fully saturated rings. The van der Waals surface area contributed by atoms with Crippen LogP contribution in [0.1, 0.15) is 31.0 Å². The van der Waals surface area contributed by atoms with Crippen molar-refractivity contribution in [2.75, 3.05) is 6.54 Å². The summed E-state index contributed by atoms with van der Waals surface area (Å²) in [6, 6.07) is 9.67. The molecular weight excluding hydrogens is 158 g/mol. The molecule has 1 aliphatic rings. The highest BCUT2D eigenvalue weighted by Gasteiger charge is 2.21. The number of rotatable bonds is 3. The fourth-order valence-corrected chi connectivity index (χ4v) is 1.65. The van der Waals surface area contributed by atoms with Crippen LogP contribution in [0.4, 0.5) is 0 Å². The second kappa shape index (κ2) is 3.51. The standard InChI is InChI=1S/C12H17N/c1-9(2)7-10-3-5-11(6-4-10)12-8-13-12/h3-6,9,12-13H,7-8H2,1-2H3. The Balaban J connectivity index is 2.04. The molecule has 1 aromatic rings. The highest BCUT2D eigenvalue weighted by molar-refractivity contribution is 5.28. The van der Waals surface area contributed by atoms with Gasteiger partial charge in [0.1, 0.15) is 0 Å². The molecular formula is C12H17N. The maximum atomic E-state index is 3.31. The third kappa shape index (κ3) is 2.31. The third-order valence-electron chi connectivity index (χ3n) is 2.43. The quantitative estimate of drug-likeness (QED) is 0.700. The summed E-state index contributed by atoms with van der Waals surface area (Å²) in [6.45, 7) is 5.68. The molecule has 0 spiro atoms. The van der Waals surface area contributed by atoms with E-state index in [1.807, 2.05) is 0 Å². The zero-order valence-electron chi connectivity index (χ0n) is 8.38. The molecule has 0 aromatic heterocycles. The van der Waals surface area contributed by atoms with Gasteiger partial charge in [0.25, 0.3) is 0 Å². The van der Waals surface area contributed by atoms with Crippen LogP contribution in [0.25, 0.3) is 0 Å². The van der Waals surface area contributed by atoms with Gasteiger partial charge in [-0.15, -0.1) is 0 Å². The molecule has 1 N–H and O–H groups in total. The summed E-state index contributed by atoms with van der Waals surface area (Å²) >= 11 is 0. The smallest absolute Gasteiger partial charge is 0.0447 e. The van der Waals surface area contributed by atoms with E-state index in [0.717, 1.165) is 12.5 Å². The Hall–Kier alpha value is -0.820. The van der Waals surface area contributed by atoms with E-state index in [2.05, 4.69) is 43.4 Å². The van der Waals surface area contributed by atoms with E-state index >= 15 is 0 Å². The van der Waals surface area contributed by atoms with Crippen LogP contribution in [0, 0.1) is 5.92 Å². The highest BCUT2D eigenvalue weighted by Crippen LogP contribution is 2.21. The third-order valence-corrected chi connectivity index (χ3v) is 2.43. The van der Waals surface area contributed by atoms with Crippen LogP contribution in [0.3, 0.4) is 0 Å². The molecule has 1 heteroatoms. The Morgan fingerprint density at radius 3 is 2.38 bits per heavy atom. The molecule has 1 aliphatic heterocycles. The zero-order valence-corrected chi connectivity index (χ0v) is 8.38. The molecule has 0 aliphatic carbocycles. The Bertz CT molecular complexity index is 270. The van der Waals surface area contributed by atoms with Crippen molar-refractivity contribution in [3.8, 4) is 0 Å². The van der Waals surface area contributed by atoms with E-state index in [1.165, 1.54) is 17.5 Å². The van der Waals surface area contributed by atoms with Crippen LogP contribution in [-0.2, 0) is 6.42 Å². The molecule has 1 saturated heterocycles. The minimum atomic E-state index is 0.646. The topological polar surface area (TPSA) is 21.9 Å². The largest absolute Gasteiger partial charge is 0.307 e. The maximum absolute atomic E-state index is 3.31. The molecule has 1 aromatic carbocycles. The van der Waals surface area contributed by atoms with Crippen molar-refractivity contribution in [1.29, 1.82) is 0 Å². The Labute approximate surface area is 80.2 Å². The monoisotopic (exact) mass is 175 g/mol. The van der Waals surface area contributed by atoms with E-state index in [0.29, 0.717) is 6.04 Å². The molecule has 2 rings (SSSR count). The Kier molecular flexibility index (Phi) is 2.36. The number of hydrogen-bond donors (Lipinski definition) is 1. The van der Waals surface area contributed by atoms with Crippen LogP contribution < -0.4 is 5.32 Å². The van der Waals surface area contributed by atoms with Crippen LogP contribution in [-0.4, -0.2) is 6.54 Å². The molecule has 0 radical (unpaired) electrons. The summed E-state index contributed by atoms with van der Waals surface area (Å²) in [4.78, 5) is 0. The molecule has 0 saturated carbocycles. The van der Waals surface area contributed by atoms with Crippen LogP contribution in [0.5, 0.6) is 0 Å². The maximum Gasteiger partial charge on any atom is 0.0447 e. The van der Waals surface area contributed by atoms with Crippen LogP contribution in [0.15, 0.2) is 24.3 Å².